The molecule has 0 radical (unpaired) electrons. The van der Waals surface area contributed by atoms with Crippen LogP contribution in [-0.4, -0.2) is 21.5 Å². The second kappa shape index (κ2) is 7.42. The first-order valence-corrected chi connectivity index (χ1v) is 7.68. The fourth-order valence-electron chi connectivity index (χ4n) is 2.08. The van der Waals surface area contributed by atoms with E-state index in [0.29, 0.717) is 17.1 Å². The van der Waals surface area contributed by atoms with Gasteiger partial charge >= 0.3 is 0 Å². The van der Waals surface area contributed by atoms with Gasteiger partial charge in [-0.25, -0.2) is 0 Å². The highest BCUT2D eigenvalue weighted by atomic mass is 35.5. The van der Waals surface area contributed by atoms with Gasteiger partial charge in [-0.1, -0.05) is 23.7 Å². The van der Waals surface area contributed by atoms with E-state index in [2.05, 4.69) is 5.32 Å². The maximum Gasteiger partial charge on any atom is 0.269 e. The van der Waals surface area contributed by atoms with Crippen LogP contribution < -0.4 is 5.32 Å². The van der Waals surface area contributed by atoms with Gasteiger partial charge in [-0.15, -0.1) is 0 Å². The summed E-state index contributed by atoms with van der Waals surface area (Å²) in [6.45, 7) is 1.43. The molecule has 2 rings (SSSR count). The highest BCUT2D eigenvalue weighted by molar-refractivity contribution is 6.30. The topological polar surface area (TPSA) is 92.5 Å². The van der Waals surface area contributed by atoms with Crippen LogP contribution in [0, 0.1) is 10.1 Å². The molecular formula is C17H17ClN2O4. The number of carbonyl (C=O) groups is 1. The number of aryl methyl sites for hydroxylation is 1. The van der Waals surface area contributed by atoms with E-state index in [-0.39, 0.29) is 12.1 Å². The molecule has 7 heteroatoms. The minimum Gasteiger partial charge on any atom is -0.380 e. The third kappa shape index (κ3) is 4.78. The van der Waals surface area contributed by atoms with E-state index in [1.807, 2.05) is 12.1 Å². The number of nitrogens with zero attached hydrogens (tertiary/aromatic N) is 1. The molecule has 1 amide bonds. The Balaban J connectivity index is 1.96. The van der Waals surface area contributed by atoms with E-state index < -0.39 is 16.4 Å². The van der Waals surface area contributed by atoms with E-state index in [9.17, 15) is 20.0 Å². The van der Waals surface area contributed by atoms with Gasteiger partial charge in [0.15, 0.2) is 0 Å². The second-order valence-corrected chi connectivity index (χ2v) is 6.09. The van der Waals surface area contributed by atoms with Gasteiger partial charge in [0.25, 0.3) is 11.6 Å². The molecule has 1 atom stereocenters. The molecule has 0 spiro atoms. The van der Waals surface area contributed by atoms with Crippen LogP contribution in [0.4, 0.5) is 11.4 Å². The van der Waals surface area contributed by atoms with E-state index in [1.165, 1.54) is 31.2 Å². The molecule has 0 heterocycles. The molecule has 0 aliphatic heterocycles. The first kappa shape index (κ1) is 17.9. The highest BCUT2D eigenvalue weighted by Crippen LogP contribution is 2.20. The number of amides is 1. The summed E-state index contributed by atoms with van der Waals surface area (Å²) in [5.74, 6) is -0.565. The zero-order valence-corrected chi connectivity index (χ0v) is 13.8. The third-order valence-electron chi connectivity index (χ3n) is 3.64. The van der Waals surface area contributed by atoms with Crippen molar-refractivity contribution in [2.45, 2.75) is 25.4 Å². The minimum atomic E-state index is -1.57. The van der Waals surface area contributed by atoms with Crippen molar-refractivity contribution in [3.63, 3.8) is 0 Å². The Morgan fingerprint density at radius 3 is 2.33 bits per heavy atom. The van der Waals surface area contributed by atoms with Crippen molar-refractivity contribution in [2.24, 2.45) is 0 Å². The zero-order valence-electron chi connectivity index (χ0n) is 13.0. The van der Waals surface area contributed by atoms with Crippen LogP contribution in [0.3, 0.4) is 0 Å². The molecular weight excluding hydrogens is 332 g/mol. The highest BCUT2D eigenvalue weighted by Gasteiger charge is 2.30. The summed E-state index contributed by atoms with van der Waals surface area (Å²) in [5.41, 5.74) is -0.288. The van der Waals surface area contributed by atoms with Crippen molar-refractivity contribution >= 4 is 28.9 Å². The average Bonchev–Trinajstić information content (AvgIpc) is 2.55. The van der Waals surface area contributed by atoms with E-state index in [1.54, 1.807) is 12.1 Å². The lowest BCUT2D eigenvalue weighted by atomic mass is 9.96. The monoisotopic (exact) mass is 348 g/mol. The average molecular weight is 349 g/mol. The van der Waals surface area contributed by atoms with Crippen molar-refractivity contribution in [2.75, 3.05) is 5.32 Å². The molecule has 0 aliphatic carbocycles. The maximum absolute atomic E-state index is 12.2. The Kier molecular flexibility index (Phi) is 5.54. The molecule has 0 bridgehead atoms. The van der Waals surface area contributed by atoms with Crippen LogP contribution in [0.2, 0.25) is 5.02 Å². The van der Waals surface area contributed by atoms with Gasteiger partial charge in [0, 0.05) is 22.8 Å². The first-order chi connectivity index (χ1) is 11.3. The zero-order chi connectivity index (χ0) is 17.7. The predicted octanol–water partition coefficient (Wildman–Crippen LogP) is 3.57. The normalized spacial score (nSPS) is 13.1. The molecule has 0 fully saturated rings. The van der Waals surface area contributed by atoms with Gasteiger partial charge in [0.2, 0.25) is 0 Å². The predicted molar refractivity (Wildman–Crippen MR) is 92.1 cm³/mol. The molecule has 126 valence electrons. The largest absolute Gasteiger partial charge is 0.380 e. The van der Waals surface area contributed by atoms with Crippen LogP contribution in [0.5, 0.6) is 0 Å². The van der Waals surface area contributed by atoms with Crippen LogP contribution >= 0.6 is 11.6 Å². The number of nitrogens with one attached hydrogen (secondary N) is 1. The molecule has 6 nitrogen and oxygen atoms in total. The number of hydrogen-bond acceptors (Lipinski definition) is 4. The van der Waals surface area contributed by atoms with Gasteiger partial charge in [0.05, 0.1) is 4.92 Å². The fraction of sp³-hybridized carbons (Fsp3) is 0.235. The summed E-state index contributed by atoms with van der Waals surface area (Å²) in [4.78, 5) is 22.3. The number of aliphatic hydroxyl groups is 1. The summed E-state index contributed by atoms with van der Waals surface area (Å²) in [7, 11) is 0. The first-order valence-electron chi connectivity index (χ1n) is 7.31. The molecule has 2 aromatic rings. The summed E-state index contributed by atoms with van der Waals surface area (Å²) >= 11 is 5.82. The van der Waals surface area contributed by atoms with Crippen LogP contribution in [-0.2, 0) is 11.2 Å². The number of rotatable bonds is 6. The van der Waals surface area contributed by atoms with Crippen LogP contribution in [0.15, 0.2) is 48.5 Å². The number of nitro groups is 1. The summed E-state index contributed by atoms with van der Waals surface area (Å²) in [6, 6.07) is 12.6. The van der Waals surface area contributed by atoms with Crippen molar-refractivity contribution in [3.05, 3.63) is 69.2 Å². The van der Waals surface area contributed by atoms with Gasteiger partial charge in [0.1, 0.15) is 5.60 Å². The third-order valence-corrected chi connectivity index (χ3v) is 3.89. The van der Waals surface area contributed by atoms with E-state index in [4.69, 9.17) is 11.6 Å². The lowest BCUT2D eigenvalue weighted by Gasteiger charge is -2.22. The van der Waals surface area contributed by atoms with E-state index >= 15 is 0 Å². The molecule has 0 unspecified atom stereocenters. The quantitative estimate of drug-likeness (QED) is 0.616. The smallest absolute Gasteiger partial charge is 0.269 e. The fourth-order valence-corrected chi connectivity index (χ4v) is 2.21. The summed E-state index contributed by atoms with van der Waals surface area (Å²) in [5, 5.41) is 24.1. The second-order valence-electron chi connectivity index (χ2n) is 5.66. The molecule has 2 N–H and O–H groups in total. The molecule has 0 aliphatic rings. The minimum absolute atomic E-state index is 0.0671. The number of hydrogen-bond donors (Lipinski definition) is 2. The molecule has 0 saturated carbocycles. The number of anilines is 1. The van der Waals surface area contributed by atoms with Gasteiger partial charge in [-0.2, -0.15) is 0 Å². The standard InChI is InChI=1S/C17H17ClN2O4/c1-17(22,11-10-12-2-4-13(18)5-3-12)16(21)19-14-6-8-15(9-7-14)20(23)24/h2-9,22H,10-11H2,1H3,(H,19,21)/t17-/m0/s1. The Morgan fingerprint density at radius 2 is 1.79 bits per heavy atom. The van der Waals surface area contributed by atoms with Crippen molar-refractivity contribution < 1.29 is 14.8 Å². The molecule has 24 heavy (non-hydrogen) atoms. The van der Waals surface area contributed by atoms with Crippen LogP contribution in [0.1, 0.15) is 18.9 Å². The van der Waals surface area contributed by atoms with Crippen molar-refractivity contribution in [1.29, 1.82) is 0 Å². The number of non-ortho nitro benzene ring substituents is 1. The molecule has 0 aromatic heterocycles. The molecule has 0 saturated heterocycles. The number of nitro benzene ring substituents is 1. The van der Waals surface area contributed by atoms with Gasteiger partial charge in [-0.05, 0) is 49.6 Å². The van der Waals surface area contributed by atoms with Gasteiger partial charge < -0.3 is 10.4 Å². The number of halogens is 1. The van der Waals surface area contributed by atoms with E-state index in [0.717, 1.165) is 5.56 Å². The maximum atomic E-state index is 12.2. The Morgan fingerprint density at radius 1 is 1.21 bits per heavy atom. The Bertz CT molecular complexity index is 727. The summed E-state index contributed by atoms with van der Waals surface area (Å²) in [6.07, 6.45) is 0.741. The van der Waals surface area contributed by atoms with Crippen LogP contribution in [0.25, 0.3) is 0 Å². The Labute approximate surface area is 144 Å². The number of carbonyl (C=O) groups excluding carboxylic acids is 1. The lowest BCUT2D eigenvalue weighted by molar-refractivity contribution is -0.384. The van der Waals surface area contributed by atoms with Crippen molar-refractivity contribution in [1.82, 2.24) is 0 Å². The number of benzene rings is 2. The lowest BCUT2D eigenvalue weighted by Crippen LogP contribution is -2.40. The van der Waals surface area contributed by atoms with Crippen molar-refractivity contribution in [3.8, 4) is 0 Å². The SMILES string of the molecule is C[C@](O)(CCc1ccc(Cl)cc1)C(=O)Nc1ccc([N+](=O)[O-])cc1. The van der Waals surface area contributed by atoms with Gasteiger partial charge in [-0.3, -0.25) is 14.9 Å². The molecule has 2 aromatic carbocycles. The Hall–Kier alpha value is -2.44. The summed E-state index contributed by atoms with van der Waals surface area (Å²) < 4.78 is 0.